The molecule has 21 heavy (non-hydrogen) atoms. The summed E-state index contributed by atoms with van der Waals surface area (Å²) < 4.78 is 20.5. The second-order valence-electron chi connectivity index (χ2n) is 4.44. The molecular formula is C15H23NO5. The van der Waals surface area contributed by atoms with Crippen molar-refractivity contribution in [3.05, 3.63) is 23.8 Å². The first kappa shape index (κ1) is 17.3. The molecule has 1 amide bonds. The van der Waals surface area contributed by atoms with Gasteiger partial charge in [0.15, 0.2) is 0 Å². The van der Waals surface area contributed by atoms with Crippen molar-refractivity contribution in [2.24, 2.45) is 0 Å². The molecule has 0 spiro atoms. The maximum Gasteiger partial charge on any atom is 0.246 e. The molecule has 0 aliphatic heterocycles. The van der Waals surface area contributed by atoms with Crippen molar-refractivity contribution >= 4 is 5.91 Å². The zero-order valence-corrected chi connectivity index (χ0v) is 13.0. The van der Waals surface area contributed by atoms with Crippen molar-refractivity contribution in [3.8, 4) is 11.5 Å². The highest BCUT2D eigenvalue weighted by molar-refractivity contribution is 5.77. The fourth-order valence-electron chi connectivity index (χ4n) is 1.85. The number of hydrogen-bond acceptors (Lipinski definition) is 5. The van der Waals surface area contributed by atoms with E-state index in [0.717, 1.165) is 5.56 Å². The highest BCUT2D eigenvalue weighted by Gasteiger charge is 2.15. The molecule has 1 atom stereocenters. The van der Waals surface area contributed by atoms with E-state index in [4.69, 9.17) is 18.9 Å². The number of rotatable bonds is 9. The highest BCUT2D eigenvalue weighted by atomic mass is 16.5. The van der Waals surface area contributed by atoms with Gasteiger partial charge in [-0.15, -0.1) is 0 Å². The maximum atomic E-state index is 11.8. The summed E-state index contributed by atoms with van der Waals surface area (Å²) >= 11 is 0. The van der Waals surface area contributed by atoms with Crippen molar-refractivity contribution in [2.75, 3.05) is 41.2 Å². The van der Waals surface area contributed by atoms with Gasteiger partial charge in [-0.3, -0.25) is 4.79 Å². The van der Waals surface area contributed by atoms with E-state index in [9.17, 15) is 4.79 Å². The monoisotopic (exact) mass is 297 g/mol. The van der Waals surface area contributed by atoms with Gasteiger partial charge in [-0.25, -0.2) is 0 Å². The summed E-state index contributed by atoms with van der Waals surface area (Å²) in [6.07, 6.45) is 0. The van der Waals surface area contributed by atoms with Gasteiger partial charge in [-0.1, -0.05) is 0 Å². The van der Waals surface area contributed by atoms with Gasteiger partial charge in [0.25, 0.3) is 0 Å². The number of carbonyl (C=O) groups is 1. The maximum absolute atomic E-state index is 11.8. The molecule has 0 fully saturated rings. The zero-order chi connectivity index (χ0) is 15.7. The predicted octanol–water partition coefficient (Wildman–Crippen LogP) is 1.54. The summed E-state index contributed by atoms with van der Waals surface area (Å²) in [6, 6.07) is 5.25. The van der Waals surface area contributed by atoms with Crippen LogP contribution in [0.3, 0.4) is 0 Å². The number of methoxy groups -OCH3 is 3. The highest BCUT2D eigenvalue weighted by Crippen LogP contribution is 2.29. The SMILES string of the molecule is COCCOCC(=O)NC(C)c1cc(OC)ccc1OC. The van der Waals surface area contributed by atoms with E-state index in [0.29, 0.717) is 24.7 Å². The van der Waals surface area contributed by atoms with Crippen LogP contribution in [0.5, 0.6) is 11.5 Å². The first-order valence-electron chi connectivity index (χ1n) is 6.70. The van der Waals surface area contributed by atoms with E-state index in [1.165, 1.54) is 0 Å². The molecule has 1 N–H and O–H groups in total. The smallest absolute Gasteiger partial charge is 0.246 e. The van der Waals surface area contributed by atoms with Crippen LogP contribution in [0.15, 0.2) is 18.2 Å². The zero-order valence-electron chi connectivity index (χ0n) is 13.0. The minimum atomic E-state index is -0.214. The molecule has 0 saturated heterocycles. The summed E-state index contributed by atoms with van der Waals surface area (Å²) in [7, 11) is 4.77. The van der Waals surface area contributed by atoms with E-state index in [2.05, 4.69) is 5.32 Å². The van der Waals surface area contributed by atoms with Crippen LogP contribution in [0.25, 0.3) is 0 Å². The summed E-state index contributed by atoms with van der Waals surface area (Å²) in [5.74, 6) is 1.22. The van der Waals surface area contributed by atoms with Gasteiger partial charge in [0, 0.05) is 12.7 Å². The van der Waals surface area contributed by atoms with E-state index in [1.807, 2.05) is 25.1 Å². The van der Waals surface area contributed by atoms with Crippen LogP contribution in [0.1, 0.15) is 18.5 Å². The average Bonchev–Trinajstić information content (AvgIpc) is 2.50. The number of nitrogens with one attached hydrogen (secondary N) is 1. The van der Waals surface area contributed by atoms with Crippen LogP contribution >= 0.6 is 0 Å². The standard InChI is InChI=1S/C15H23NO5/c1-11(16-15(17)10-21-8-7-18-2)13-9-12(19-3)5-6-14(13)20-4/h5-6,9,11H,7-8,10H2,1-4H3,(H,16,17). The van der Waals surface area contributed by atoms with E-state index >= 15 is 0 Å². The van der Waals surface area contributed by atoms with Crippen LogP contribution in [-0.4, -0.2) is 47.1 Å². The molecule has 0 aliphatic carbocycles. The van der Waals surface area contributed by atoms with Gasteiger partial charge < -0.3 is 24.3 Å². The lowest BCUT2D eigenvalue weighted by atomic mass is 10.1. The second kappa shape index (κ2) is 9.20. The number of ether oxygens (including phenoxy) is 4. The quantitative estimate of drug-likeness (QED) is 0.700. The Bertz CT molecular complexity index is 450. The first-order valence-corrected chi connectivity index (χ1v) is 6.70. The minimum Gasteiger partial charge on any atom is -0.497 e. The molecule has 6 heteroatoms. The average molecular weight is 297 g/mol. The predicted molar refractivity (Wildman–Crippen MR) is 78.8 cm³/mol. The summed E-state index contributed by atoms with van der Waals surface area (Å²) in [4.78, 5) is 11.8. The Morgan fingerprint density at radius 1 is 1.19 bits per heavy atom. The van der Waals surface area contributed by atoms with Gasteiger partial charge in [-0.05, 0) is 25.1 Å². The summed E-state index contributed by atoms with van der Waals surface area (Å²) in [5, 5.41) is 2.86. The molecule has 0 heterocycles. The minimum absolute atomic E-state index is 0.0000159. The molecule has 6 nitrogen and oxygen atoms in total. The van der Waals surface area contributed by atoms with E-state index < -0.39 is 0 Å². The van der Waals surface area contributed by atoms with Crippen molar-refractivity contribution < 1.29 is 23.7 Å². The Morgan fingerprint density at radius 3 is 2.57 bits per heavy atom. The second-order valence-corrected chi connectivity index (χ2v) is 4.44. The van der Waals surface area contributed by atoms with Crippen molar-refractivity contribution in [3.63, 3.8) is 0 Å². The molecule has 1 rings (SSSR count). The summed E-state index contributed by atoms with van der Waals surface area (Å²) in [5.41, 5.74) is 0.849. The number of hydrogen-bond donors (Lipinski definition) is 1. The van der Waals surface area contributed by atoms with Crippen molar-refractivity contribution in [2.45, 2.75) is 13.0 Å². The van der Waals surface area contributed by atoms with E-state index in [1.54, 1.807) is 21.3 Å². The molecule has 118 valence electrons. The normalized spacial score (nSPS) is 11.8. The van der Waals surface area contributed by atoms with Crippen LogP contribution in [0, 0.1) is 0 Å². The lowest BCUT2D eigenvalue weighted by Gasteiger charge is -2.18. The molecule has 1 aromatic carbocycles. The van der Waals surface area contributed by atoms with Crippen LogP contribution < -0.4 is 14.8 Å². The largest absolute Gasteiger partial charge is 0.497 e. The molecule has 0 bridgehead atoms. The Balaban J connectivity index is 2.61. The third kappa shape index (κ3) is 5.61. The molecule has 1 aromatic rings. The number of amides is 1. The van der Waals surface area contributed by atoms with Gasteiger partial charge in [0.05, 0.1) is 33.5 Å². The fourth-order valence-corrected chi connectivity index (χ4v) is 1.85. The Labute approximate surface area is 125 Å². The van der Waals surface area contributed by atoms with Gasteiger partial charge >= 0.3 is 0 Å². The van der Waals surface area contributed by atoms with Crippen molar-refractivity contribution in [1.82, 2.24) is 5.32 Å². The molecule has 1 unspecified atom stereocenters. The molecule has 0 aliphatic rings. The molecular weight excluding hydrogens is 274 g/mol. The Hall–Kier alpha value is -1.79. The van der Waals surface area contributed by atoms with Crippen LogP contribution in [-0.2, 0) is 14.3 Å². The lowest BCUT2D eigenvalue weighted by molar-refractivity contribution is -0.126. The fraction of sp³-hybridized carbons (Fsp3) is 0.533. The first-order chi connectivity index (χ1) is 10.1. The van der Waals surface area contributed by atoms with Crippen molar-refractivity contribution in [1.29, 1.82) is 0 Å². The molecule has 0 aromatic heterocycles. The van der Waals surface area contributed by atoms with E-state index in [-0.39, 0.29) is 18.6 Å². The third-order valence-corrected chi connectivity index (χ3v) is 2.95. The molecule has 0 radical (unpaired) electrons. The van der Waals surface area contributed by atoms with Gasteiger partial charge in [0.2, 0.25) is 5.91 Å². The van der Waals surface area contributed by atoms with Gasteiger partial charge in [-0.2, -0.15) is 0 Å². The van der Waals surface area contributed by atoms with Gasteiger partial charge in [0.1, 0.15) is 18.1 Å². The van der Waals surface area contributed by atoms with Crippen LogP contribution in [0.2, 0.25) is 0 Å². The number of carbonyl (C=O) groups excluding carboxylic acids is 1. The topological polar surface area (TPSA) is 66.0 Å². The number of benzene rings is 1. The Morgan fingerprint density at radius 2 is 1.95 bits per heavy atom. The van der Waals surface area contributed by atoms with Crippen LogP contribution in [0.4, 0.5) is 0 Å². The molecule has 0 saturated carbocycles. The lowest BCUT2D eigenvalue weighted by Crippen LogP contribution is -2.30. The Kier molecular flexibility index (Phi) is 7.56. The third-order valence-electron chi connectivity index (χ3n) is 2.95. The summed E-state index contributed by atoms with van der Waals surface area (Å²) in [6.45, 7) is 2.73.